The molecule has 1 rings (SSSR count). The molecule has 0 spiro atoms. The van der Waals surface area contributed by atoms with Crippen molar-refractivity contribution in [1.29, 1.82) is 0 Å². The molecule has 0 fully saturated rings. The van der Waals surface area contributed by atoms with E-state index in [2.05, 4.69) is 15.9 Å². The largest absolute Gasteiger partial charge is 0.390 e. The first-order valence-electron chi connectivity index (χ1n) is 4.66. The van der Waals surface area contributed by atoms with Crippen LogP contribution >= 0.6 is 27.3 Å². The summed E-state index contributed by atoms with van der Waals surface area (Å²) in [6, 6.07) is 1.23. The first-order valence-corrected chi connectivity index (χ1v) is 6.60. The van der Waals surface area contributed by atoms with Crippen molar-refractivity contribution >= 4 is 38.6 Å². The van der Waals surface area contributed by atoms with Crippen LogP contribution in [0, 0.1) is 10.1 Å². The second-order valence-corrected chi connectivity index (χ2v) is 5.13. The van der Waals surface area contributed by atoms with E-state index in [9.17, 15) is 25.1 Å². The van der Waals surface area contributed by atoms with Crippen LogP contribution in [-0.4, -0.2) is 32.9 Å². The Morgan fingerprint density at radius 3 is 2.71 bits per heavy atom. The fraction of sp³-hybridized carbons (Fsp3) is 0.444. The molecule has 2 unspecified atom stereocenters. The molecule has 0 saturated heterocycles. The molecule has 0 saturated carbocycles. The summed E-state index contributed by atoms with van der Waals surface area (Å²) in [6.45, 7) is 0. The summed E-state index contributed by atoms with van der Waals surface area (Å²) in [4.78, 5) is 20.8. The Labute approximate surface area is 109 Å². The van der Waals surface area contributed by atoms with E-state index in [1.807, 2.05) is 0 Å². The van der Waals surface area contributed by atoms with Crippen LogP contribution < -0.4 is 0 Å². The predicted octanol–water partition coefficient (Wildman–Crippen LogP) is 1.65. The normalized spacial score (nSPS) is 14.3. The molecule has 2 N–H and O–H groups in total. The van der Waals surface area contributed by atoms with E-state index in [-0.39, 0.29) is 21.9 Å². The Balaban J connectivity index is 3.06. The zero-order valence-corrected chi connectivity index (χ0v) is 11.0. The number of carbonyl (C=O) groups is 1. The number of nitrogens with zero attached hydrogens (tertiary/aromatic N) is 1. The van der Waals surface area contributed by atoms with Crippen LogP contribution in [0.3, 0.4) is 0 Å². The molecule has 1 aromatic heterocycles. The first-order chi connectivity index (χ1) is 8.01. The lowest BCUT2D eigenvalue weighted by Crippen LogP contribution is -2.18. The third-order valence-corrected chi connectivity index (χ3v) is 3.61. The highest BCUT2D eigenvalue weighted by Crippen LogP contribution is 2.35. The zero-order chi connectivity index (χ0) is 13.0. The van der Waals surface area contributed by atoms with Gasteiger partial charge in [-0.05, 0) is 12.5 Å². The zero-order valence-electron chi connectivity index (χ0n) is 8.58. The van der Waals surface area contributed by atoms with Crippen LogP contribution in [0.4, 0.5) is 5.00 Å². The molecular formula is C9H10BrNO5S. The van der Waals surface area contributed by atoms with Gasteiger partial charge in [0.05, 0.1) is 21.5 Å². The van der Waals surface area contributed by atoms with Crippen molar-refractivity contribution in [1.82, 2.24) is 0 Å². The number of aliphatic hydroxyl groups is 2. The molecule has 94 valence electrons. The smallest absolute Gasteiger partial charge is 0.330 e. The third-order valence-electron chi connectivity index (χ3n) is 2.13. The standard InChI is InChI=1S/C9H10BrNO5S/c10-2-1-7(13)8(14)6-3-5(4-12)17-9(6)11(15)16/h3-4,7-8,13-14H,1-2H2. The number of thiophene rings is 1. The quantitative estimate of drug-likeness (QED) is 0.359. The Hall–Kier alpha value is -0.830. The highest BCUT2D eigenvalue weighted by molar-refractivity contribution is 9.09. The van der Waals surface area contributed by atoms with E-state index in [0.717, 1.165) is 0 Å². The molecule has 17 heavy (non-hydrogen) atoms. The van der Waals surface area contributed by atoms with Crippen molar-refractivity contribution in [2.45, 2.75) is 18.6 Å². The molecule has 0 aliphatic rings. The molecule has 2 atom stereocenters. The minimum absolute atomic E-state index is 0.0180. The lowest BCUT2D eigenvalue weighted by Gasteiger charge is -2.15. The fourth-order valence-corrected chi connectivity index (χ4v) is 2.60. The molecule has 0 radical (unpaired) electrons. The van der Waals surface area contributed by atoms with Gasteiger partial charge in [0, 0.05) is 5.33 Å². The van der Waals surface area contributed by atoms with Crippen molar-refractivity contribution in [3.63, 3.8) is 0 Å². The third kappa shape index (κ3) is 3.32. The van der Waals surface area contributed by atoms with Crippen LogP contribution in [0.15, 0.2) is 6.07 Å². The van der Waals surface area contributed by atoms with Crippen molar-refractivity contribution < 1.29 is 19.9 Å². The fourth-order valence-electron chi connectivity index (χ4n) is 1.30. The van der Waals surface area contributed by atoms with Crippen molar-refractivity contribution in [2.24, 2.45) is 0 Å². The van der Waals surface area contributed by atoms with Gasteiger partial charge in [0.15, 0.2) is 6.29 Å². The number of aliphatic hydroxyl groups excluding tert-OH is 2. The molecule has 0 aromatic carbocycles. The Bertz CT molecular complexity index is 422. The molecule has 0 amide bonds. The lowest BCUT2D eigenvalue weighted by atomic mass is 10.0. The van der Waals surface area contributed by atoms with E-state index in [4.69, 9.17) is 0 Å². The monoisotopic (exact) mass is 323 g/mol. The maximum atomic E-state index is 10.7. The maximum absolute atomic E-state index is 10.7. The van der Waals surface area contributed by atoms with Gasteiger partial charge < -0.3 is 10.2 Å². The minimum Gasteiger partial charge on any atom is -0.390 e. The second-order valence-electron chi connectivity index (χ2n) is 3.27. The first kappa shape index (κ1) is 14.2. The van der Waals surface area contributed by atoms with Gasteiger partial charge >= 0.3 is 5.00 Å². The molecular weight excluding hydrogens is 314 g/mol. The average Bonchev–Trinajstić information content (AvgIpc) is 2.72. The van der Waals surface area contributed by atoms with Gasteiger partial charge in [0.1, 0.15) is 6.10 Å². The highest BCUT2D eigenvalue weighted by atomic mass is 79.9. The van der Waals surface area contributed by atoms with Crippen molar-refractivity contribution in [3.05, 3.63) is 26.6 Å². The number of alkyl halides is 1. The second kappa shape index (κ2) is 6.20. The summed E-state index contributed by atoms with van der Waals surface area (Å²) in [7, 11) is 0. The molecule has 1 heterocycles. The van der Waals surface area contributed by atoms with Gasteiger partial charge in [-0.1, -0.05) is 27.3 Å². The van der Waals surface area contributed by atoms with E-state index in [0.29, 0.717) is 23.0 Å². The number of nitro groups is 1. The van der Waals surface area contributed by atoms with Crippen molar-refractivity contribution in [3.8, 4) is 0 Å². The molecule has 0 aliphatic carbocycles. The minimum atomic E-state index is -1.36. The summed E-state index contributed by atoms with van der Waals surface area (Å²) in [5.74, 6) is 0. The van der Waals surface area contributed by atoms with Gasteiger partial charge in [0.2, 0.25) is 0 Å². The Kier molecular flexibility index (Phi) is 5.19. The molecule has 0 aliphatic heterocycles. The molecule has 8 heteroatoms. The summed E-state index contributed by atoms with van der Waals surface area (Å²) in [6.07, 6.45) is -1.74. The van der Waals surface area contributed by atoms with Gasteiger partial charge in [-0.2, -0.15) is 0 Å². The SMILES string of the molecule is O=Cc1cc(C(O)C(O)CCBr)c([N+](=O)[O-])s1. The van der Waals surface area contributed by atoms with E-state index in [1.54, 1.807) is 0 Å². The van der Waals surface area contributed by atoms with Gasteiger partial charge in [-0.25, -0.2) is 0 Å². The summed E-state index contributed by atoms with van der Waals surface area (Å²) < 4.78 is 0. The van der Waals surface area contributed by atoms with Crippen LogP contribution in [0.25, 0.3) is 0 Å². The molecule has 6 nitrogen and oxygen atoms in total. The molecule has 1 aromatic rings. The predicted molar refractivity (Wildman–Crippen MR) is 65.7 cm³/mol. The van der Waals surface area contributed by atoms with Crippen LogP contribution in [0.2, 0.25) is 0 Å². The van der Waals surface area contributed by atoms with E-state index >= 15 is 0 Å². The number of hydrogen-bond acceptors (Lipinski definition) is 6. The van der Waals surface area contributed by atoms with Crippen LogP contribution in [-0.2, 0) is 0 Å². The summed E-state index contributed by atoms with van der Waals surface area (Å²) in [5, 5.41) is 30.2. The van der Waals surface area contributed by atoms with Gasteiger partial charge in [-0.3, -0.25) is 14.9 Å². The van der Waals surface area contributed by atoms with Gasteiger partial charge in [-0.15, -0.1) is 0 Å². The number of halogens is 1. The van der Waals surface area contributed by atoms with Crippen LogP contribution in [0.5, 0.6) is 0 Å². The number of aldehydes is 1. The summed E-state index contributed by atoms with van der Waals surface area (Å²) in [5.41, 5.74) is -0.0180. The topological polar surface area (TPSA) is 101 Å². The average molecular weight is 324 g/mol. The van der Waals surface area contributed by atoms with Crippen LogP contribution in [0.1, 0.15) is 27.8 Å². The van der Waals surface area contributed by atoms with Crippen molar-refractivity contribution in [2.75, 3.05) is 5.33 Å². The van der Waals surface area contributed by atoms with E-state index in [1.165, 1.54) is 6.07 Å². The maximum Gasteiger partial charge on any atom is 0.330 e. The highest BCUT2D eigenvalue weighted by Gasteiger charge is 2.29. The number of rotatable bonds is 6. The lowest BCUT2D eigenvalue weighted by molar-refractivity contribution is -0.381. The Morgan fingerprint density at radius 1 is 1.59 bits per heavy atom. The molecule has 0 bridgehead atoms. The Morgan fingerprint density at radius 2 is 2.24 bits per heavy atom. The van der Waals surface area contributed by atoms with Gasteiger partial charge in [0.25, 0.3) is 0 Å². The summed E-state index contributed by atoms with van der Waals surface area (Å²) >= 11 is 3.78. The number of carbonyl (C=O) groups excluding carboxylic acids is 1. The number of hydrogen-bond donors (Lipinski definition) is 2. The van der Waals surface area contributed by atoms with E-state index < -0.39 is 17.1 Å².